The number of thiophene rings is 1. The Morgan fingerprint density at radius 2 is 2.43 bits per heavy atom. The normalized spacial score (nSPS) is 18.4. The molecule has 1 aliphatic rings. The maximum absolute atomic E-state index is 12.6. The lowest BCUT2D eigenvalue weighted by Crippen LogP contribution is -2.32. The third-order valence-electron chi connectivity index (χ3n) is 4.12. The Labute approximate surface area is 128 Å². The molecule has 3 heterocycles. The summed E-state index contributed by atoms with van der Waals surface area (Å²) < 4.78 is 5.41. The molecule has 5 heteroatoms. The summed E-state index contributed by atoms with van der Waals surface area (Å²) in [6.07, 6.45) is 3.37. The number of amides is 1. The van der Waals surface area contributed by atoms with Gasteiger partial charge in [0, 0.05) is 23.4 Å². The maximum Gasteiger partial charge on any atom is 0.228 e. The van der Waals surface area contributed by atoms with Crippen LogP contribution in [-0.4, -0.2) is 22.5 Å². The van der Waals surface area contributed by atoms with Crippen LogP contribution < -0.4 is 0 Å². The van der Waals surface area contributed by atoms with Crippen molar-refractivity contribution in [1.82, 2.24) is 10.1 Å². The van der Waals surface area contributed by atoms with Gasteiger partial charge in [-0.05, 0) is 31.2 Å². The van der Waals surface area contributed by atoms with Gasteiger partial charge in [0.05, 0.1) is 18.2 Å². The minimum atomic E-state index is 0.138. The van der Waals surface area contributed by atoms with Gasteiger partial charge in [-0.15, -0.1) is 11.3 Å². The molecule has 1 aliphatic heterocycles. The fraction of sp³-hybridized carbons (Fsp3) is 0.500. The van der Waals surface area contributed by atoms with Gasteiger partial charge < -0.3 is 9.42 Å². The Morgan fingerprint density at radius 3 is 3.14 bits per heavy atom. The molecule has 0 spiro atoms. The van der Waals surface area contributed by atoms with Crippen molar-refractivity contribution in [2.75, 3.05) is 6.54 Å². The van der Waals surface area contributed by atoms with Gasteiger partial charge in [0.2, 0.25) is 5.91 Å². The summed E-state index contributed by atoms with van der Waals surface area (Å²) in [7, 11) is 0. The van der Waals surface area contributed by atoms with Crippen LogP contribution in [0.25, 0.3) is 0 Å². The van der Waals surface area contributed by atoms with E-state index in [4.69, 9.17) is 4.52 Å². The van der Waals surface area contributed by atoms with Crippen LogP contribution in [0.15, 0.2) is 22.0 Å². The number of carbonyl (C=O) groups is 1. The maximum atomic E-state index is 12.6. The number of hydrogen-bond acceptors (Lipinski definition) is 4. The molecule has 0 radical (unpaired) electrons. The highest BCUT2D eigenvalue weighted by molar-refractivity contribution is 7.10. The first kappa shape index (κ1) is 14.3. The van der Waals surface area contributed by atoms with Gasteiger partial charge in [-0.2, -0.15) is 0 Å². The summed E-state index contributed by atoms with van der Waals surface area (Å²) in [4.78, 5) is 15.8. The van der Waals surface area contributed by atoms with Crippen LogP contribution in [0.5, 0.6) is 0 Å². The Balaban J connectivity index is 1.82. The zero-order chi connectivity index (χ0) is 14.8. The van der Waals surface area contributed by atoms with Crippen LogP contribution in [0.1, 0.15) is 47.7 Å². The summed E-state index contributed by atoms with van der Waals surface area (Å²) in [5.74, 6) is 1.14. The average molecular weight is 304 g/mol. The zero-order valence-electron chi connectivity index (χ0n) is 12.5. The molecule has 0 bridgehead atoms. The molecule has 21 heavy (non-hydrogen) atoms. The number of likely N-dealkylation sites (tertiary alicyclic amines) is 1. The van der Waals surface area contributed by atoms with E-state index in [2.05, 4.69) is 12.1 Å². The number of aromatic nitrogens is 1. The number of carbonyl (C=O) groups excluding carboxylic acids is 1. The summed E-state index contributed by atoms with van der Waals surface area (Å²) >= 11 is 1.64. The second-order valence-corrected chi connectivity index (χ2v) is 6.49. The van der Waals surface area contributed by atoms with Crippen LogP contribution in [0.4, 0.5) is 0 Å². The number of aryl methyl sites for hydroxylation is 2. The van der Waals surface area contributed by atoms with E-state index in [9.17, 15) is 4.79 Å². The van der Waals surface area contributed by atoms with Gasteiger partial charge in [-0.3, -0.25) is 4.79 Å². The molecule has 1 amide bonds. The SMILES string of the molecule is CCc1onc(C)c1[C@@H]1CCCN1C(=O)Cc1cccs1. The molecule has 3 rings (SSSR count). The third kappa shape index (κ3) is 2.75. The zero-order valence-corrected chi connectivity index (χ0v) is 13.3. The molecule has 0 unspecified atom stereocenters. The van der Waals surface area contributed by atoms with Crippen molar-refractivity contribution in [3.05, 3.63) is 39.4 Å². The Kier molecular flexibility index (Phi) is 4.10. The van der Waals surface area contributed by atoms with E-state index in [1.165, 1.54) is 0 Å². The molecule has 1 atom stereocenters. The standard InChI is InChI=1S/C16H20N2O2S/c1-3-14-16(11(2)17-20-14)13-7-4-8-18(13)15(19)10-12-6-5-9-21-12/h5-6,9,13H,3-4,7-8,10H2,1-2H3/t13-/m0/s1. The van der Waals surface area contributed by atoms with Crippen molar-refractivity contribution in [3.63, 3.8) is 0 Å². The summed E-state index contributed by atoms with van der Waals surface area (Å²) in [6.45, 7) is 4.87. The second-order valence-electron chi connectivity index (χ2n) is 5.46. The molecular weight excluding hydrogens is 284 g/mol. The predicted octanol–water partition coefficient (Wildman–Crippen LogP) is 3.51. The molecule has 0 aliphatic carbocycles. The fourth-order valence-corrected chi connectivity index (χ4v) is 3.83. The molecule has 0 N–H and O–H groups in total. The van der Waals surface area contributed by atoms with E-state index in [0.29, 0.717) is 6.42 Å². The number of nitrogens with zero attached hydrogens (tertiary/aromatic N) is 2. The Hall–Kier alpha value is -1.62. The van der Waals surface area contributed by atoms with E-state index in [1.54, 1.807) is 11.3 Å². The first-order chi connectivity index (χ1) is 10.2. The van der Waals surface area contributed by atoms with Crippen LogP contribution in [0.3, 0.4) is 0 Å². The molecule has 0 aromatic carbocycles. The molecule has 2 aromatic rings. The Bertz CT molecular complexity index is 618. The minimum Gasteiger partial charge on any atom is -0.361 e. The van der Waals surface area contributed by atoms with Crippen LogP contribution in [0, 0.1) is 6.92 Å². The minimum absolute atomic E-state index is 0.138. The molecule has 1 saturated heterocycles. The quantitative estimate of drug-likeness (QED) is 0.868. The Morgan fingerprint density at radius 1 is 1.57 bits per heavy atom. The smallest absolute Gasteiger partial charge is 0.228 e. The van der Waals surface area contributed by atoms with E-state index in [0.717, 1.165) is 47.7 Å². The van der Waals surface area contributed by atoms with Gasteiger partial charge >= 0.3 is 0 Å². The first-order valence-electron chi connectivity index (χ1n) is 7.47. The molecule has 2 aromatic heterocycles. The van der Waals surface area contributed by atoms with Gasteiger partial charge in [0.1, 0.15) is 5.76 Å². The highest BCUT2D eigenvalue weighted by Crippen LogP contribution is 2.36. The fourth-order valence-electron chi connectivity index (χ4n) is 3.13. The van der Waals surface area contributed by atoms with E-state index in [-0.39, 0.29) is 11.9 Å². The van der Waals surface area contributed by atoms with Crippen molar-refractivity contribution < 1.29 is 9.32 Å². The number of hydrogen-bond donors (Lipinski definition) is 0. The lowest BCUT2D eigenvalue weighted by molar-refractivity contribution is -0.131. The monoisotopic (exact) mass is 304 g/mol. The van der Waals surface area contributed by atoms with Crippen molar-refractivity contribution >= 4 is 17.2 Å². The summed E-state index contributed by atoms with van der Waals surface area (Å²) in [6, 6.07) is 4.16. The van der Waals surface area contributed by atoms with Gasteiger partial charge in [0.25, 0.3) is 0 Å². The summed E-state index contributed by atoms with van der Waals surface area (Å²) in [5.41, 5.74) is 2.06. The molecule has 0 saturated carbocycles. The second kappa shape index (κ2) is 6.02. The van der Waals surface area contributed by atoms with Crippen LogP contribution in [0.2, 0.25) is 0 Å². The predicted molar refractivity (Wildman–Crippen MR) is 82.3 cm³/mol. The summed E-state index contributed by atoms with van der Waals surface area (Å²) in [5, 5.41) is 6.11. The molecule has 1 fully saturated rings. The van der Waals surface area contributed by atoms with E-state index >= 15 is 0 Å². The van der Waals surface area contributed by atoms with Gasteiger partial charge in [-0.25, -0.2) is 0 Å². The first-order valence-corrected chi connectivity index (χ1v) is 8.35. The van der Waals surface area contributed by atoms with Crippen molar-refractivity contribution in [2.24, 2.45) is 0 Å². The van der Waals surface area contributed by atoms with Crippen molar-refractivity contribution in [1.29, 1.82) is 0 Å². The topological polar surface area (TPSA) is 46.3 Å². The highest BCUT2D eigenvalue weighted by atomic mass is 32.1. The van der Waals surface area contributed by atoms with Crippen LogP contribution in [-0.2, 0) is 17.6 Å². The molecular formula is C16H20N2O2S. The average Bonchev–Trinajstić information content (AvgIpc) is 3.17. The van der Waals surface area contributed by atoms with Gasteiger partial charge in [-0.1, -0.05) is 18.1 Å². The van der Waals surface area contributed by atoms with Gasteiger partial charge in [0.15, 0.2) is 0 Å². The molecule has 112 valence electrons. The highest BCUT2D eigenvalue weighted by Gasteiger charge is 2.34. The lowest BCUT2D eigenvalue weighted by atomic mass is 10.0. The lowest BCUT2D eigenvalue weighted by Gasteiger charge is -2.25. The van der Waals surface area contributed by atoms with E-state index in [1.807, 2.05) is 29.3 Å². The van der Waals surface area contributed by atoms with E-state index < -0.39 is 0 Å². The number of rotatable bonds is 4. The molecule has 4 nitrogen and oxygen atoms in total. The largest absolute Gasteiger partial charge is 0.361 e. The van der Waals surface area contributed by atoms with Crippen molar-refractivity contribution in [3.8, 4) is 0 Å². The van der Waals surface area contributed by atoms with Crippen LogP contribution >= 0.6 is 11.3 Å². The van der Waals surface area contributed by atoms with Crippen molar-refractivity contribution in [2.45, 2.75) is 45.6 Å². The third-order valence-corrected chi connectivity index (χ3v) is 4.99.